The van der Waals surface area contributed by atoms with Crippen LogP contribution in [0, 0.1) is 13.8 Å². The summed E-state index contributed by atoms with van der Waals surface area (Å²) in [4.78, 5) is 0. The molecule has 2 rings (SSSR count). The molecule has 0 aliphatic rings. The summed E-state index contributed by atoms with van der Waals surface area (Å²) in [7, 11) is -2.20. The van der Waals surface area contributed by atoms with Crippen LogP contribution in [0.4, 0.5) is 5.69 Å². The molecular formula is C17H18ClNO3S. The van der Waals surface area contributed by atoms with Crippen molar-refractivity contribution in [1.82, 2.24) is 0 Å². The molecule has 0 amide bonds. The first kappa shape index (κ1) is 17.4. The molecule has 0 saturated carbocycles. The maximum absolute atomic E-state index is 12.2. The zero-order valence-electron chi connectivity index (χ0n) is 13.1. The summed E-state index contributed by atoms with van der Waals surface area (Å²) in [5.41, 5.74) is 3.03. The molecule has 0 saturated heterocycles. The number of anilines is 1. The first-order valence-electron chi connectivity index (χ1n) is 6.92. The highest BCUT2D eigenvalue weighted by Gasteiger charge is 2.12. The Morgan fingerprint density at radius 3 is 2.39 bits per heavy atom. The fourth-order valence-corrected chi connectivity index (χ4v) is 2.97. The molecule has 0 radical (unpaired) electrons. The molecule has 2 aromatic rings. The lowest BCUT2D eigenvalue weighted by atomic mass is 10.2. The first-order valence-corrected chi connectivity index (χ1v) is 8.85. The number of hydrogen-bond donors (Lipinski definition) is 1. The van der Waals surface area contributed by atoms with Crippen LogP contribution in [-0.4, -0.2) is 15.5 Å². The minimum Gasteiger partial charge on any atom is -0.495 e. The summed E-state index contributed by atoms with van der Waals surface area (Å²) in [6, 6.07) is 10.8. The smallest absolute Gasteiger partial charge is 0.255 e. The van der Waals surface area contributed by atoms with Crippen LogP contribution in [0.3, 0.4) is 0 Å². The van der Waals surface area contributed by atoms with Crippen molar-refractivity contribution in [1.29, 1.82) is 0 Å². The maximum atomic E-state index is 12.2. The van der Waals surface area contributed by atoms with Gasteiger partial charge in [0.1, 0.15) is 5.75 Å². The van der Waals surface area contributed by atoms with Crippen LogP contribution in [0.5, 0.6) is 5.75 Å². The van der Waals surface area contributed by atoms with Crippen LogP contribution >= 0.6 is 11.6 Å². The van der Waals surface area contributed by atoms with Crippen LogP contribution in [0.1, 0.15) is 16.7 Å². The van der Waals surface area contributed by atoms with Crippen molar-refractivity contribution in [2.75, 3.05) is 11.8 Å². The number of aryl methyl sites for hydroxylation is 2. The number of methoxy groups -OCH3 is 1. The normalized spacial score (nSPS) is 11.7. The van der Waals surface area contributed by atoms with E-state index < -0.39 is 10.0 Å². The van der Waals surface area contributed by atoms with Gasteiger partial charge in [-0.15, -0.1) is 0 Å². The Hall–Kier alpha value is -1.98. The van der Waals surface area contributed by atoms with Crippen molar-refractivity contribution in [2.24, 2.45) is 0 Å². The molecule has 0 unspecified atom stereocenters. The minimum absolute atomic E-state index is 0.350. The molecule has 0 aromatic heterocycles. The molecule has 0 aliphatic heterocycles. The molecule has 1 N–H and O–H groups in total. The highest BCUT2D eigenvalue weighted by Crippen LogP contribution is 2.31. The Kier molecular flexibility index (Phi) is 5.34. The molecule has 4 nitrogen and oxygen atoms in total. The summed E-state index contributed by atoms with van der Waals surface area (Å²) in [6.45, 7) is 3.77. The van der Waals surface area contributed by atoms with E-state index in [2.05, 4.69) is 4.72 Å². The summed E-state index contributed by atoms with van der Waals surface area (Å²) in [5.74, 6) is 0.368. The largest absolute Gasteiger partial charge is 0.495 e. The highest BCUT2D eigenvalue weighted by atomic mass is 35.5. The van der Waals surface area contributed by atoms with Crippen LogP contribution in [0.25, 0.3) is 6.08 Å². The van der Waals surface area contributed by atoms with E-state index in [1.54, 1.807) is 19.1 Å². The van der Waals surface area contributed by atoms with Crippen LogP contribution in [0.2, 0.25) is 5.02 Å². The van der Waals surface area contributed by atoms with Gasteiger partial charge in [0.25, 0.3) is 10.0 Å². The van der Waals surface area contributed by atoms with Gasteiger partial charge in [-0.05, 0) is 37.1 Å². The third-order valence-corrected chi connectivity index (χ3v) is 4.66. The highest BCUT2D eigenvalue weighted by molar-refractivity contribution is 7.95. The average Bonchev–Trinajstić information content (AvgIpc) is 2.50. The summed E-state index contributed by atoms with van der Waals surface area (Å²) >= 11 is 6.02. The van der Waals surface area contributed by atoms with E-state index in [0.717, 1.165) is 22.1 Å². The molecule has 0 fully saturated rings. The molecule has 0 atom stereocenters. The van der Waals surface area contributed by atoms with Gasteiger partial charge in [0, 0.05) is 11.1 Å². The SMILES string of the molecule is COc1cc(Cl)c(C)cc1NS(=O)(=O)/C=C/c1ccc(C)cc1. The van der Waals surface area contributed by atoms with Gasteiger partial charge in [0.2, 0.25) is 0 Å². The molecule has 0 heterocycles. The topological polar surface area (TPSA) is 55.4 Å². The van der Waals surface area contributed by atoms with Gasteiger partial charge < -0.3 is 4.74 Å². The quantitative estimate of drug-likeness (QED) is 0.869. The number of benzene rings is 2. The number of ether oxygens (including phenoxy) is 1. The molecule has 0 bridgehead atoms. The Labute approximate surface area is 141 Å². The third kappa shape index (κ3) is 4.74. The van der Waals surface area contributed by atoms with Crippen LogP contribution in [0.15, 0.2) is 41.8 Å². The van der Waals surface area contributed by atoms with Gasteiger partial charge in [-0.1, -0.05) is 41.4 Å². The number of sulfonamides is 1. The Bertz CT molecular complexity index is 828. The van der Waals surface area contributed by atoms with Crippen molar-refractivity contribution < 1.29 is 13.2 Å². The van der Waals surface area contributed by atoms with Gasteiger partial charge in [0.15, 0.2) is 0 Å². The van der Waals surface area contributed by atoms with E-state index in [1.165, 1.54) is 13.2 Å². The molecule has 23 heavy (non-hydrogen) atoms. The number of halogens is 1. The second-order valence-electron chi connectivity index (χ2n) is 5.16. The molecule has 122 valence electrons. The van der Waals surface area contributed by atoms with E-state index in [0.29, 0.717) is 16.5 Å². The molecule has 6 heteroatoms. The standard InChI is InChI=1S/C17H18ClNO3S/c1-12-4-6-14(7-5-12)8-9-23(20,21)19-16-10-13(2)15(18)11-17(16)22-3/h4-11,19H,1-3H3/b9-8+. The number of nitrogens with one attached hydrogen (secondary N) is 1. The fraction of sp³-hybridized carbons (Fsp3) is 0.176. The van der Waals surface area contributed by atoms with Gasteiger partial charge in [-0.2, -0.15) is 0 Å². The van der Waals surface area contributed by atoms with E-state index in [9.17, 15) is 8.42 Å². The molecular weight excluding hydrogens is 334 g/mol. The monoisotopic (exact) mass is 351 g/mol. The van der Waals surface area contributed by atoms with E-state index in [4.69, 9.17) is 16.3 Å². The zero-order chi connectivity index (χ0) is 17.0. The van der Waals surface area contributed by atoms with E-state index in [-0.39, 0.29) is 0 Å². The van der Waals surface area contributed by atoms with Gasteiger partial charge in [-0.25, -0.2) is 8.42 Å². The minimum atomic E-state index is -3.66. The number of hydrogen-bond acceptors (Lipinski definition) is 3. The van der Waals surface area contributed by atoms with Crippen molar-refractivity contribution in [3.05, 3.63) is 63.5 Å². The van der Waals surface area contributed by atoms with Crippen molar-refractivity contribution in [3.8, 4) is 5.75 Å². The van der Waals surface area contributed by atoms with Crippen molar-refractivity contribution in [2.45, 2.75) is 13.8 Å². The lowest BCUT2D eigenvalue weighted by Gasteiger charge is -2.12. The molecule has 0 spiro atoms. The van der Waals surface area contributed by atoms with Gasteiger partial charge >= 0.3 is 0 Å². The molecule has 0 aliphatic carbocycles. The second kappa shape index (κ2) is 7.06. The molecule has 2 aromatic carbocycles. The average molecular weight is 352 g/mol. The third-order valence-electron chi connectivity index (χ3n) is 3.25. The predicted octanol–water partition coefficient (Wildman–Crippen LogP) is 4.38. The van der Waals surface area contributed by atoms with Gasteiger partial charge in [-0.3, -0.25) is 4.72 Å². The first-order chi connectivity index (χ1) is 10.8. The lowest BCUT2D eigenvalue weighted by molar-refractivity contribution is 0.417. The predicted molar refractivity (Wildman–Crippen MR) is 95.5 cm³/mol. The zero-order valence-corrected chi connectivity index (χ0v) is 14.7. The maximum Gasteiger partial charge on any atom is 0.255 e. The van der Waals surface area contributed by atoms with Crippen molar-refractivity contribution in [3.63, 3.8) is 0 Å². The van der Waals surface area contributed by atoms with Crippen LogP contribution in [-0.2, 0) is 10.0 Å². The Morgan fingerprint density at radius 1 is 1.13 bits per heavy atom. The Balaban J connectivity index is 2.24. The lowest BCUT2D eigenvalue weighted by Crippen LogP contribution is -2.10. The summed E-state index contributed by atoms with van der Waals surface area (Å²) in [6.07, 6.45) is 1.54. The van der Waals surface area contributed by atoms with Gasteiger partial charge in [0.05, 0.1) is 18.2 Å². The summed E-state index contributed by atoms with van der Waals surface area (Å²) < 4.78 is 32.1. The fourth-order valence-electron chi connectivity index (χ4n) is 1.94. The van der Waals surface area contributed by atoms with E-state index in [1.807, 2.05) is 31.2 Å². The van der Waals surface area contributed by atoms with E-state index >= 15 is 0 Å². The number of rotatable bonds is 5. The van der Waals surface area contributed by atoms with Crippen LogP contribution < -0.4 is 9.46 Å². The Morgan fingerprint density at radius 2 is 1.78 bits per heavy atom. The summed E-state index contributed by atoms with van der Waals surface area (Å²) in [5, 5.41) is 1.64. The van der Waals surface area contributed by atoms with Crippen molar-refractivity contribution >= 4 is 33.4 Å². The second-order valence-corrected chi connectivity index (χ2v) is 7.14.